The van der Waals surface area contributed by atoms with Crippen molar-refractivity contribution in [2.24, 2.45) is 0 Å². The highest BCUT2D eigenvalue weighted by Crippen LogP contribution is 2.24. The molecular weight excluding hydrogens is 426 g/mol. The third kappa shape index (κ3) is 4.21. The highest BCUT2D eigenvalue weighted by molar-refractivity contribution is 5.95. The number of carbonyl (C=O) groups excluding carboxylic acids is 1. The van der Waals surface area contributed by atoms with E-state index >= 15 is 0 Å². The number of aromatic amines is 1. The Morgan fingerprint density at radius 3 is 2.68 bits per heavy atom. The summed E-state index contributed by atoms with van der Waals surface area (Å²) in [5, 5.41) is 19.7. The molecule has 0 saturated carbocycles. The molecule has 5 rings (SSSR count). The van der Waals surface area contributed by atoms with Gasteiger partial charge >= 0.3 is 0 Å². The van der Waals surface area contributed by atoms with E-state index in [0.29, 0.717) is 12.1 Å². The first-order chi connectivity index (χ1) is 16.6. The highest BCUT2D eigenvalue weighted by Gasteiger charge is 2.24. The Morgan fingerprint density at radius 1 is 1.06 bits per heavy atom. The molecule has 2 aromatic heterocycles. The van der Waals surface area contributed by atoms with Crippen molar-refractivity contribution >= 4 is 16.8 Å². The summed E-state index contributed by atoms with van der Waals surface area (Å²) in [6.07, 6.45) is 3.80. The topological polar surface area (TPSA) is 87.0 Å². The fourth-order valence-corrected chi connectivity index (χ4v) is 4.22. The second kappa shape index (κ2) is 9.33. The zero-order valence-electron chi connectivity index (χ0n) is 18.8. The Hall–Kier alpha value is -4.23. The van der Waals surface area contributed by atoms with Crippen LogP contribution in [-0.4, -0.2) is 49.5 Å². The average Bonchev–Trinajstić information content (AvgIpc) is 3.54. The van der Waals surface area contributed by atoms with E-state index in [1.54, 1.807) is 16.6 Å². The molecule has 0 saturated heterocycles. The fraction of sp³-hybridized carbons (Fsp3) is 0.148. The number of fused-ring (bicyclic) bond motifs is 1. The summed E-state index contributed by atoms with van der Waals surface area (Å²) in [5.74, 6) is -0.156. The third-order valence-electron chi connectivity index (χ3n) is 6.11. The first kappa shape index (κ1) is 21.6. The summed E-state index contributed by atoms with van der Waals surface area (Å²) >= 11 is 0. The molecule has 0 radical (unpaired) electrons. The molecule has 1 unspecified atom stereocenters. The van der Waals surface area contributed by atoms with Crippen LogP contribution in [0.5, 0.6) is 0 Å². The number of aliphatic hydroxyl groups excluding tert-OH is 1. The van der Waals surface area contributed by atoms with Gasteiger partial charge in [0.05, 0.1) is 25.4 Å². The van der Waals surface area contributed by atoms with Crippen LogP contribution >= 0.6 is 0 Å². The van der Waals surface area contributed by atoms with E-state index in [1.807, 2.05) is 85.2 Å². The molecule has 0 aliphatic carbocycles. The molecule has 0 spiro atoms. The first-order valence-corrected chi connectivity index (χ1v) is 11.1. The van der Waals surface area contributed by atoms with Crippen molar-refractivity contribution in [2.75, 3.05) is 13.7 Å². The number of rotatable bonds is 7. The summed E-state index contributed by atoms with van der Waals surface area (Å²) < 4.78 is 1.74. The second-order valence-corrected chi connectivity index (χ2v) is 8.26. The minimum absolute atomic E-state index is 0.156. The Labute approximate surface area is 197 Å². The Bertz CT molecular complexity index is 1420. The third-order valence-corrected chi connectivity index (χ3v) is 6.11. The molecule has 5 aromatic rings. The van der Waals surface area contributed by atoms with Crippen molar-refractivity contribution in [2.45, 2.75) is 12.6 Å². The fourth-order valence-electron chi connectivity index (χ4n) is 4.22. The molecule has 0 fully saturated rings. The number of hydrogen-bond donors (Lipinski definition) is 2. The number of carbonyl (C=O) groups is 1. The zero-order valence-corrected chi connectivity index (χ0v) is 18.8. The van der Waals surface area contributed by atoms with Crippen molar-refractivity contribution < 1.29 is 9.90 Å². The van der Waals surface area contributed by atoms with Crippen LogP contribution in [0, 0.1) is 0 Å². The maximum Gasteiger partial charge on any atom is 0.254 e. The standard InChI is InChI=1S/C27H25N5O2/c1-31(26(18-33)19-7-3-2-4-8-19)27(34)23-10-6-5-9-22(23)16-32-17-25(29-30-32)20-11-12-24-21(15-20)13-14-28-24/h2-15,17,26,28,33H,16,18H2,1H3. The van der Waals surface area contributed by atoms with E-state index in [-0.39, 0.29) is 12.5 Å². The lowest BCUT2D eigenvalue weighted by Gasteiger charge is -2.28. The van der Waals surface area contributed by atoms with Gasteiger partial charge in [-0.15, -0.1) is 5.10 Å². The van der Waals surface area contributed by atoms with Gasteiger partial charge < -0.3 is 15.0 Å². The molecule has 2 heterocycles. The lowest BCUT2D eigenvalue weighted by molar-refractivity contribution is 0.0657. The molecule has 2 N–H and O–H groups in total. The molecule has 7 heteroatoms. The van der Waals surface area contributed by atoms with E-state index in [9.17, 15) is 9.90 Å². The Kier molecular flexibility index (Phi) is 5.93. The smallest absolute Gasteiger partial charge is 0.254 e. The van der Waals surface area contributed by atoms with E-state index in [0.717, 1.165) is 33.3 Å². The quantitative estimate of drug-likeness (QED) is 0.387. The summed E-state index contributed by atoms with van der Waals surface area (Å²) in [5.41, 5.74) is 5.12. The van der Waals surface area contributed by atoms with Crippen molar-refractivity contribution in [3.05, 3.63) is 108 Å². The van der Waals surface area contributed by atoms with Gasteiger partial charge in [0.15, 0.2) is 0 Å². The molecule has 0 aliphatic heterocycles. The van der Waals surface area contributed by atoms with Gasteiger partial charge in [0.2, 0.25) is 0 Å². The minimum Gasteiger partial charge on any atom is -0.394 e. The molecule has 0 bridgehead atoms. The number of benzene rings is 3. The number of hydrogen-bond acceptors (Lipinski definition) is 4. The molecule has 1 amide bonds. The number of nitrogens with zero attached hydrogens (tertiary/aromatic N) is 4. The van der Waals surface area contributed by atoms with Crippen LogP contribution in [0.3, 0.4) is 0 Å². The van der Waals surface area contributed by atoms with Crippen molar-refractivity contribution in [1.82, 2.24) is 24.9 Å². The maximum atomic E-state index is 13.4. The van der Waals surface area contributed by atoms with Gasteiger partial charge in [0.1, 0.15) is 5.69 Å². The van der Waals surface area contributed by atoms with Crippen molar-refractivity contribution in [3.8, 4) is 11.3 Å². The minimum atomic E-state index is -0.428. The highest BCUT2D eigenvalue weighted by atomic mass is 16.3. The average molecular weight is 452 g/mol. The van der Waals surface area contributed by atoms with E-state index < -0.39 is 6.04 Å². The molecule has 1 atom stereocenters. The van der Waals surface area contributed by atoms with Crippen molar-refractivity contribution in [1.29, 1.82) is 0 Å². The van der Waals surface area contributed by atoms with Gasteiger partial charge in [0.25, 0.3) is 5.91 Å². The van der Waals surface area contributed by atoms with Crippen LogP contribution in [0.25, 0.3) is 22.2 Å². The van der Waals surface area contributed by atoms with Crippen molar-refractivity contribution in [3.63, 3.8) is 0 Å². The largest absolute Gasteiger partial charge is 0.394 e. The van der Waals surface area contributed by atoms with E-state index in [2.05, 4.69) is 21.4 Å². The summed E-state index contributed by atoms with van der Waals surface area (Å²) in [6.45, 7) is 0.247. The molecule has 7 nitrogen and oxygen atoms in total. The van der Waals surface area contributed by atoms with Gasteiger partial charge in [-0.05, 0) is 35.4 Å². The van der Waals surface area contributed by atoms with E-state index in [1.165, 1.54) is 0 Å². The first-order valence-electron chi connectivity index (χ1n) is 11.1. The van der Waals surface area contributed by atoms with E-state index in [4.69, 9.17) is 0 Å². The summed E-state index contributed by atoms with van der Waals surface area (Å²) in [6, 6.07) is 24.7. The van der Waals surface area contributed by atoms with Crippen LogP contribution in [0.4, 0.5) is 0 Å². The maximum absolute atomic E-state index is 13.4. The Balaban J connectivity index is 1.38. The summed E-state index contributed by atoms with van der Waals surface area (Å²) in [7, 11) is 1.72. The zero-order chi connectivity index (χ0) is 23.5. The van der Waals surface area contributed by atoms with Crippen LogP contribution < -0.4 is 0 Å². The predicted octanol–water partition coefficient (Wildman–Crippen LogP) is 4.28. The second-order valence-electron chi connectivity index (χ2n) is 8.26. The molecular formula is C27H25N5O2. The van der Waals surface area contributed by atoms with Gasteiger partial charge in [-0.25, -0.2) is 4.68 Å². The van der Waals surface area contributed by atoms with Crippen LogP contribution in [0.1, 0.15) is 27.5 Å². The number of nitrogens with one attached hydrogen (secondary N) is 1. The molecule has 3 aromatic carbocycles. The number of H-pyrrole nitrogens is 1. The van der Waals surface area contributed by atoms with Gasteiger partial charge in [-0.3, -0.25) is 4.79 Å². The molecule has 34 heavy (non-hydrogen) atoms. The lowest BCUT2D eigenvalue weighted by atomic mass is 10.0. The van der Waals surface area contributed by atoms with Crippen LogP contribution in [-0.2, 0) is 6.54 Å². The molecule has 170 valence electrons. The normalized spacial score (nSPS) is 12.1. The van der Waals surface area contributed by atoms with Gasteiger partial charge in [-0.1, -0.05) is 59.8 Å². The predicted molar refractivity (Wildman–Crippen MR) is 131 cm³/mol. The lowest BCUT2D eigenvalue weighted by Crippen LogP contribution is -2.34. The van der Waals surface area contributed by atoms with Crippen LogP contribution in [0.2, 0.25) is 0 Å². The Morgan fingerprint density at radius 2 is 1.85 bits per heavy atom. The summed E-state index contributed by atoms with van der Waals surface area (Å²) in [4.78, 5) is 18.2. The number of aromatic nitrogens is 4. The van der Waals surface area contributed by atoms with Crippen LogP contribution in [0.15, 0.2) is 91.3 Å². The number of likely N-dealkylation sites (N-methyl/N-ethyl adjacent to an activating group) is 1. The van der Waals surface area contributed by atoms with Gasteiger partial charge in [-0.2, -0.15) is 0 Å². The van der Waals surface area contributed by atoms with Gasteiger partial charge in [0, 0.05) is 35.3 Å². The number of aliphatic hydroxyl groups is 1. The SMILES string of the molecule is CN(C(=O)c1ccccc1Cn1cc(-c2ccc3[nH]ccc3c2)nn1)C(CO)c1ccccc1. The molecule has 0 aliphatic rings. The monoisotopic (exact) mass is 451 g/mol. The number of amides is 1.